The molecule has 0 aromatic heterocycles. The summed E-state index contributed by atoms with van der Waals surface area (Å²) in [5, 5.41) is 5.38. The van der Waals surface area contributed by atoms with E-state index < -0.39 is 0 Å². The summed E-state index contributed by atoms with van der Waals surface area (Å²) < 4.78 is 10.3. The number of likely N-dealkylation sites (N-methyl/N-ethyl adjacent to an activating group) is 1. The molecule has 0 radical (unpaired) electrons. The summed E-state index contributed by atoms with van der Waals surface area (Å²) in [6.07, 6.45) is 0.303. The van der Waals surface area contributed by atoms with Crippen LogP contribution in [-0.2, 0) is 11.2 Å². The molecule has 2 aromatic rings. The molecule has 0 heterocycles. The SMILES string of the molecule is CNC(=O)Cc1ccc(NC(=O)c2cc(OC)cc(OC)c2)cc1. The van der Waals surface area contributed by atoms with Crippen molar-refractivity contribution in [1.29, 1.82) is 0 Å². The van der Waals surface area contributed by atoms with Gasteiger partial charge in [0.2, 0.25) is 5.91 Å². The Labute approximate surface area is 140 Å². The molecule has 0 saturated heterocycles. The Hall–Kier alpha value is -3.02. The molecule has 24 heavy (non-hydrogen) atoms. The molecule has 2 aromatic carbocycles. The summed E-state index contributed by atoms with van der Waals surface area (Å²) in [6, 6.07) is 12.1. The number of carbonyl (C=O) groups is 2. The second-order valence-corrected chi connectivity index (χ2v) is 5.10. The molecule has 2 N–H and O–H groups in total. The van der Waals surface area contributed by atoms with Gasteiger partial charge in [-0.1, -0.05) is 12.1 Å². The molecule has 6 heteroatoms. The second kappa shape index (κ2) is 8.01. The first-order chi connectivity index (χ1) is 11.5. The number of benzene rings is 2. The average molecular weight is 328 g/mol. The van der Waals surface area contributed by atoms with Crippen LogP contribution >= 0.6 is 0 Å². The molecule has 6 nitrogen and oxygen atoms in total. The second-order valence-electron chi connectivity index (χ2n) is 5.10. The molecule has 126 valence electrons. The maximum Gasteiger partial charge on any atom is 0.255 e. The van der Waals surface area contributed by atoms with E-state index in [1.165, 1.54) is 14.2 Å². The van der Waals surface area contributed by atoms with E-state index in [0.717, 1.165) is 5.56 Å². The fourth-order valence-corrected chi connectivity index (χ4v) is 2.12. The zero-order chi connectivity index (χ0) is 17.5. The largest absolute Gasteiger partial charge is 0.497 e. The molecule has 0 aliphatic carbocycles. The van der Waals surface area contributed by atoms with Gasteiger partial charge in [0, 0.05) is 24.4 Å². The van der Waals surface area contributed by atoms with Crippen LogP contribution in [0.15, 0.2) is 42.5 Å². The lowest BCUT2D eigenvalue weighted by atomic mass is 10.1. The minimum atomic E-state index is -0.272. The lowest BCUT2D eigenvalue weighted by Crippen LogP contribution is -2.19. The number of methoxy groups -OCH3 is 2. The van der Waals surface area contributed by atoms with Crippen LogP contribution in [0.4, 0.5) is 5.69 Å². The van der Waals surface area contributed by atoms with Gasteiger partial charge >= 0.3 is 0 Å². The maximum atomic E-state index is 12.4. The third-order valence-corrected chi connectivity index (χ3v) is 3.47. The fourth-order valence-electron chi connectivity index (χ4n) is 2.12. The Bertz CT molecular complexity index is 704. The molecule has 0 spiro atoms. The van der Waals surface area contributed by atoms with Gasteiger partial charge in [-0.05, 0) is 29.8 Å². The summed E-state index contributed by atoms with van der Waals surface area (Å²) in [4.78, 5) is 23.7. The highest BCUT2D eigenvalue weighted by Gasteiger charge is 2.10. The van der Waals surface area contributed by atoms with Crippen molar-refractivity contribution in [1.82, 2.24) is 5.32 Å². The Morgan fingerprint density at radius 3 is 2.04 bits per heavy atom. The zero-order valence-electron chi connectivity index (χ0n) is 13.9. The monoisotopic (exact) mass is 328 g/mol. The molecule has 0 aliphatic heterocycles. The number of hydrogen-bond acceptors (Lipinski definition) is 4. The predicted octanol–water partition coefficient (Wildman–Crippen LogP) is 2.24. The smallest absolute Gasteiger partial charge is 0.255 e. The molecular formula is C18H20N2O4. The molecule has 0 unspecified atom stereocenters. The van der Waals surface area contributed by atoms with E-state index in [1.54, 1.807) is 49.5 Å². The molecule has 0 atom stereocenters. The molecular weight excluding hydrogens is 308 g/mol. The normalized spacial score (nSPS) is 9.96. The van der Waals surface area contributed by atoms with E-state index in [-0.39, 0.29) is 11.8 Å². The fraction of sp³-hybridized carbons (Fsp3) is 0.222. The van der Waals surface area contributed by atoms with Gasteiger partial charge in [-0.25, -0.2) is 0 Å². The quantitative estimate of drug-likeness (QED) is 0.853. The van der Waals surface area contributed by atoms with Crippen molar-refractivity contribution in [2.45, 2.75) is 6.42 Å². The van der Waals surface area contributed by atoms with Crippen molar-refractivity contribution in [3.8, 4) is 11.5 Å². The van der Waals surface area contributed by atoms with Crippen LogP contribution in [0.3, 0.4) is 0 Å². The van der Waals surface area contributed by atoms with Gasteiger partial charge in [-0.3, -0.25) is 9.59 Å². The number of anilines is 1. The lowest BCUT2D eigenvalue weighted by molar-refractivity contribution is -0.119. The van der Waals surface area contributed by atoms with E-state index in [0.29, 0.717) is 29.2 Å². The van der Waals surface area contributed by atoms with E-state index in [2.05, 4.69) is 10.6 Å². The van der Waals surface area contributed by atoms with Crippen molar-refractivity contribution in [2.24, 2.45) is 0 Å². The summed E-state index contributed by atoms with van der Waals surface area (Å²) in [5.74, 6) is 0.752. The minimum Gasteiger partial charge on any atom is -0.497 e. The first-order valence-electron chi connectivity index (χ1n) is 7.39. The third-order valence-electron chi connectivity index (χ3n) is 3.47. The van der Waals surface area contributed by atoms with Crippen LogP contribution in [0.5, 0.6) is 11.5 Å². The summed E-state index contributed by atoms with van der Waals surface area (Å²) in [7, 11) is 4.66. The Morgan fingerprint density at radius 2 is 1.54 bits per heavy atom. The molecule has 0 bridgehead atoms. The zero-order valence-corrected chi connectivity index (χ0v) is 13.9. The predicted molar refractivity (Wildman–Crippen MR) is 91.7 cm³/mol. The highest BCUT2D eigenvalue weighted by Crippen LogP contribution is 2.23. The van der Waals surface area contributed by atoms with Crippen molar-refractivity contribution in [3.05, 3.63) is 53.6 Å². The van der Waals surface area contributed by atoms with Crippen LogP contribution in [0.25, 0.3) is 0 Å². The molecule has 0 fully saturated rings. The molecule has 2 rings (SSSR count). The van der Waals surface area contributed by atoms with E-state index in [9.17, 15) is 9.59 Å². The minimum absolute atomic E-state index is 0.0599. The number of ether oxygens (including phenoxy) is 2. The third kappa shape index (κ3) is 4.49. The first-order valence-corrected chi connectivity index (χ1v) is 7.39. The van der Waals surface area contributed by atoms with Gasteiger partial charge in [0.05, 0.1) is 20.6 Å². The topological polar surface area (TPSA) is 76.7 Å². The van der Waals surface area contributed by atoms with Crippen LogP contribution in [0, 0.1) is 0 Å². The summed E-state index contributed by atoms with van der Waals surface area (Å²) in [6.45, 7) is 0. The highest BCUT2D eigenvalue weighted by atomic mass is 16.5. The van der Waals surface area contributed by atoms with Gasteiger partial charge in [-0.15, -0.1) is 0 Å². The van der Waals surface area contributed by atoms with Gasteiger partial charge in [0.25, 0.3) is 5.91 Å². The van der Waals surface area contributed by atoms with Gasteiger partial charge in [-0.2, -0.15) is 0 Å². The Balaban J connectivity index is 2.10. The highest BCUT2D eigenvalue weighted by molar-refractivity contribution is 6.04. The van der Waals surface area contributed by atoms with Crippen LogP contribution in [0.2, 0.25) is 0 Å². The summed E-state index contributed by atoms with van der Waals surface area (Å²) in [5.41, 5.74) is 1.94. The van der Waals surface area contributed by atoms with Gasteiger partial charge in [0.15, 0.2) is 0 Å². The van der Waals surface area contributed by atoms with Crippen molar-refractivity contribution in [2.75, 3.05) is 26.6 Å². The van der Waals surface area contributed by atoms with Crippen LogP contribution in [0.1, 0.15) is 15.9 Å². The number of carbonyl (C=O) groups excluding carboxylic acids is 2. The molecule has 2 amide bonds. The number of nitrogens with one attached hydrogen (secondary N) is 2. The van der Waals surface area contributed by atoms with E-state index in [4.69, 9.17) is 9.47 Å². The Kier molecular flexibility index (Phi) is 5.78. The van der Waals surface area contributed by atoms with Gasteiger partial charge < -0.3 is 20.1 Å². The van der Waals surface area contributed by atoms with E-state index in [1.807, 2.05) is 0 Å². The first kappa shape index (κ1) is 17.3. The number of amides is 2. The van der Waals surface area contributed by atoms with Crippen LogP contribution in [-0.4, -0.2) is 33.1 Å². The van der Waals surface area contributed by atoms with Crippen molar-refractivity contribution < 1.29 is 19.1 Å². The molecule has 0 saturated carbocycles. The van der Waals surface area contributed by atoms with Crippen molar-refractivity contribution >= 4 is 17.5 Å². The van der Waals surface area contributed by atoms with Gasteiger partial charge in [0.1, 0.15) is 11.5 Å². The van der Waals surface area contributed by atoms with Crippen molar-refractivity contribution in [3.63, 3.8) is 0 Å². The standard InChI is InChI=1S/C18H20N2O4/c1-19-17(21)8-12-4-6-14(7-5-12)20-18(22)13-9-15(23-2)11-16(10-13)24-3/h4-7,9-11H,8H2,1-3H3,(H,19,21)(H,20,22). The Morgan fingerprint density at radius 1 is 0.958 bits per heavy atom. The average Bonchev–Trinajstić information content (AvgIpc) is 2.62. The summed E-state index contributed by atoms with van der Waals surface area (Å²) >= 11 is 0. The van der Waals surface area contributed by atoms with E-state index >= 15 is 0 Å². The maximum absolute atomic E-state index is 12.4. The number of hydrogen-bond donors (Lipinski definition) is 2. The molecule has 0 aliphatic rings. The lowest BCUT2D eigenvalue weighted by Gasteiger charge is -2.10. The number of rotatable bonds is 6. The van der Waals surface area contributed by atoms with Crippen LogP contribution < -0.4 is 20.1 Å².